The van der Waals surface area contributed by atoms with Crippen molar-refractivity contribution in [3.63, 3.8) is 0 Å². The average Bonchev–Trinajstić information content (AvgIpc) is 1.85. The fourth-order valence-electron chi connectivity index (χ4n) is 1.61. The highest BCUT2D eigenvalue weighted by Crippen LogP contribution is 2.22. The molecular formula is C10H17N. The van der Waals surface area contributed by atoms with E-state index in [1.807, 2.05) is 6.92 Å². The van der Waals surface area contributed by atoms with Gasteiger partial charge in [-0.2, -0.15) is 0 Å². The number of allylic oxidation sites excluding steroid dienone is 2. The zero-order chi connectivity index (χ0) is 8.27. The van der Waals surface area contributed by atoms with Crippen molar-refractivity contribution in [1.29, 1.82) is 0 Å². The zero-order valence-corrected chi connectivity index (χ0v) is 7.27. The molecule has 1 nitrogen and oxygen atoms in total. The molecule has 0 aliphatic heterocycles. The molecule has 0 amide bonds. The third kappa shape index (κ3) is 2.89. The topological polar surface area (TPSA) is 26.0 Å². The molecule has 0 radical (unpaired) electrons. The Kier molecular flexibility index (Phi) is 2.89. The van der Waals surface area contributed by atoms with E-state index in [4.69, 9.17) is 5.73 Å². The van der Waals surface area contributed by atoms with Crippen molar-refractivity contribution in [2.45, 2.75) is 38.6 Å². The minimum absolute atomic E-state index is 0.398. The molecule has 0 saturated heterocycles. The maximum Gasteiger partial charge on any atom is 0.00763 e. The lowest BCUT2D eigenvalue weighted by molar-refractivity contribution is 0.517. The molecule has 2 N–H and O–H groups in total. The Morgan fingerprint density at radius 3 is 3.00 bits per heavy atom. The normalized spacial score (nSPS) is 28.9. The van der Waals surface area contributed by atoms with Gasteiger partial charge in [-0.1, -0.05) is 23.8 Å². The van der Waals surface area contributed by atoms with Crippen LogP contribution in [0.15, 0.2) is 23.8 Å². The van der Waals surface area contributed by atoms with Gasteiger partial charge in [-0.25, -0.2) is 0 Å². The maximum absolute atomic E-state index is 5.83. The van der Waals surface area contributed by atoms with Crippen LogP contribution in [0, 0.1) is 0 Å². The summed E-state index contributed by atoms with van der Waals surface area (Å²) in [6, 6.07) is 0.398. The van der Waals surface area contributed by atoms with Crippen molar-refractivity contribution < 1.29 is 0 Å². The van der Waals surface area contributed by atoms with Gasteiger partial charge in [0.25, 0.3) is 0 Å². The van der Waals surface area contributed by atoms with Crippen molar-refractivity contribution in [3.05, 3.63) is 23.8 Å². The predicted octanol–water partition coefficient (Wildman–Crippen LogP) is 2.39. The predicted molar refractivity (Wildman–Crippen MR) is 49.3 cm³/mol. The minimum Gasteiger partial charge on any atom is -0.327 e. The molecule has 1 atom stereocenters. The molecule has 0 bridgehead atoms. The Bertz CT molecular complexity index is 179. The highest BCUT2D eigenvalue weighted by Gasteiger charge is 2.11. The van der Waals surface area contributed by atoms with Crippen molar-refractivity contribution in [2.24, 2.45) is 5.73 Å². The summed E-state index contributed by atoms with van der Waals surface area (Å²) in [6.07, 6.45) is 6.92. The van der Waals surface area contributed by atoms with Crippen LogP contribution >= 0.6 is 0 Å². The molecule has 1 rings (SSSR count). The monoisotopic (exact) mass is 151 g/mol. The minimum atomic E-state index is 0.398. The third-order valence-corrected chi connectivity index (χ3v) is 2.05. The second-order valence-electron chi connectivity index (χ2n) is 3.51. The summed E-state index contributed by atoms with van der Waals surface area (Å²) in [6.45, 7) is 5.89. The first-order chi connectivity index (χ1) is 5.18. The molecule has 1 fully saturated rings. The molecule has 1 saturated carbocycles. The number of rotatable bonds is 1. The molecule has 1 aliphatic carbocycles. The van der Waals surface area contributed by atoms with Crippen molar-refractivity contribution >= 4 is 0 Å². The van der Waals surface area contributed by atoms with Crippen molar-refractivity contribution in [3.8, 4) is 0 Å². The van der Waals surface area contributed by atoms with Gasteiger partial charge in [-0.15, -0.1) is 0 Å². The molecule has 0 heterocycles. The van der Waals surface area contributed by atoms with E-state index >= 15 is 0 Å². The molecule has 0 aromatic carbocycles. The van der Waals surface area contributed by atoms with E-state index in [0.29, 0.717) is 6.04 Å². The first-order valence-corrected chi connectivity index (χ1v) is 4.29. The van der Waals surface area contributed by atoms with E-state index in [2.05, 4.69) is 12.7 Å². The molecule has 1 unspecified atom stereocenters. The van der Waals surface area contributed by atoms with E-state index in [1.165, 1.54) is 24.8 Å². The van der Waals surface area contributed by atoms with Crippen LogP contribution in [-0.2, 0) is 0 Å². The smallest absolute Gasteiger partial charge is 0.00763 e. The van der Waals surface area contributed by atoms with E-state index in [-0.39, 0.29) is 0 Å². The van der Waals surface area contributed by atoms with E-state index in [1.54, 1.807) is 0 Å². The van der Waals surface area contributed by atoms with Gasteiger partial charge in [-0.05, 0) is 32.6 Å². The lowest BCUT2D eigenvalue weighted by Crippen LogP contribution is -2.23. The summed E-state index contributed by atoms with van der Waals surface area (Å²) in [5, 5.41) is 0. The summed E-state index contributed by atoms with van der Waals surface area (Å²) < 4.78 is 0. The van der Waals surface area contributed by atoms with Gasteiger partial charge in [0.05, 0.1) is 0 Å². The molecule has 0 aromatic rings. The second-order valence-corrected chi connectivity index (χ2v) is 3.51. The van der Waals surface area contributed by atoms with E-state index in [0.717, 1.165) is 12.0 Å². The van der Waals surface area contributed by atoms with Gasteiger partial charge in [0.15, 0.2) is 0 Å². The first-order valence-electron chi connectivity index (χ1n) is 4.29. The Morgan fingerprint density at radius 2 is 2.45 bits per heavy atom. The molecule has 1 heteroatoms. The van der Waals surface area contributed by atoms with Gasteiger partial charge >= 0.3 is 0 Å². The van der Waals surface area contributed by atoms with Crippen LogP contribution in [0.3, 0.4) is 0 Å². The Labute approximate surface area is 69.0 Å². The number of nitrogens with two attached hydrogens (primary N) is 1. The Hall–Kier alpha value is -0.560. The van der Waals surface area contributed by atoms with Crippen LogP contribution in [0.2, 0.25) is 0 Å². The van der Waals surface area contributed by atoms with Crippen LogP contribution in [-0.4, -0.2) is 6.04 Å². The maximum atomic E-state index is 5.83. The summed E-state index contributed by atoms with van der Waals surface area (Å²) in [5.74, 6) is 0. The highest BCUT2D eigenvalue weighted by molar-refractivity contribution is 5.20. The van der Waals surface area contributed by atoms with Crippen LogP contribution in [0.25, 0.3) is 0 Å². The second kappa shape index (κ2) is 3.72. The number of hydrogen-bond acceptors (Lipinski definition) is 1. The molecule has 1 aliphatic rings. The van der Waals surface area contributed by atoms with Crippen LogP contribution in [0.5, 0.6) is 0 Å². The summed E-state index contributed by atoms with van der Waals surface area (Å²) >= 11 is 0. The molecule has 11 heavy (non-hydrogen) atoms. The third-order valence-electron chi connectivity index (χ3n) is 2.05. The lowest BCUT2D eigenvalue weighted by atomic mass is 9.90. The highest BCUT2D eigenvalue weighted by atomic mass is 14.6. The fraction of sp³-hybridized carbons (Fsp3) is 0.600. The van der Waals surface area contributed by atoms with Gasteiger partial charge in [-0.3, -0.25) is 0 Å². The van der Waals surface area contributed by atoms with E-state index in [9.17, 15) is 0 Å². The van der Waals surface area contributed by atoms with Crippen molar-refractivity contribution in [2.75, 3.05) is 0 Å². The molecule has 62 valence electrons. The van der Waals surface area contributed by atoms with Gasteiger partial charge in [0.1, 0.15) is 0 Å². The zero-order valence-electron chi connectivity index (χ0n) is 7.27. The Morgan fingerprint density at radius 1 is 1.73 bits per heavy atom. The van der Waals surface area contributed by atoms with Crippen molar-refractivity contribution in [1.82, 2.24) is 0 Å². The molecule has 0 spiro atoms. The first kappa shape index (κ1) is 8.54. The standard InChI is InChI=1S/C10H17N/c1-8(2)6-9-4-3-5-10(11)7-9/h6,10H,1,3-5,7,11H2,2H3. The van der Waals surface area contributed by atoms with Gasteiger partial charge in [0.2, 0.25) is 0 Å². The molecular weight excluding hydrogens is 134 g/mol. The summed E-state index contributed by atoms with van der Waals surface area (Å²) in [5.41, 5.74) is 8.46. The van der Waals surface area contributed by atoms with Gasteiger partial charge in [0, 0.05) is 6.04 Å². The van der Waals surface area contributed by atoms with Crippen LogP contribution in [0.4, 0.5) is 0 Å². The van der Waals surface area contributed by atoms with E-state index < -0.39 is 0 Å². The summed E-state index contributed by atoms with van der Waals surface area (Å²) in [4.78, 5) is 0. The van der Waals surface area contributed by atoms with Gasteiger partial charge < -0.3 is 5.73 Å². The molecule has 0 aromatic heterocycles. The quantitative estimate of drug-likeness (QED) is 0.612. The van der Waals surface area contributed by atoms with Crippen LogP contribution < -0.4 is 5.73 Å². The summed E-state index contributed by atoms with van der Waals surface area (Å²) in [7, 11) is 0. The number of hydrogen-bond donors (Lipinski definition) is 1. The largest absolute Gasteiger partial charge is 0.327 e. The van der Waals surface area contributed by atoms with Crippen LogP contribution in [0.1, 0.15) is 32.6 Å². The Balaban J connectivity index is 2.52. The fourth-order valence-corrected chi connectivity index (χ4v) is 1.61. The SMILES string of the molecule is C=C(C)C=C1CCCC(N)C1. The lowest BCUT2D eigenvalue weighted by Gasteiger charge is -2.20. The average molecular weight is 151 g/mol.